The lowest BCUT2D eigenvalue weighted by Crippen LogP contribution is -1.96. The van der Waals surface area contributed by atoms with Crippen LogP contribution in [-0.2, 0) is 0 Å². The van der Waals surface area contributed by atoms with Crippen LogP contribution in [0.15, 0.2) is 174 Å². The van der Waals surface area contributed by atoms with E-state index in [2.05, 4.69) is 152 Å². The van der Waals surface area contributed by atoms with E-state index < -0.39 is 0 Å². The Kier molecular flexibility index (Phi) is 6.68. The summed E-state index contributed by atoms with van der Waals surface area (Å²) >= 11 is 1.79. The maximum absolute atomic E-state index is 6.59. The summed E-state index contributed by atoms with van der Waals surface area (Å²) in [5.41, 5.74) is 11.3. The topological polar surface area (TPSA) is 38.9 Å². The van der Waals surface area contributed by atoms with Crippen LogP contribution in [0, 0.1) is 0 Å². The van der Waals surface area contributed by atoms with Crippen LogP contribution in [0.5, 0.6) is 0 Å². The monoisotopic (exact) mass is 656 g/mol. The second-order valence-electron chi connectivity index (χ2n) is 12.6. The third kappa shape index (κ3) is 4.80. The molecular weight excluding hydrogens is 629 g/mol. The van der Waals surface area contributed by atoms with Crippen molar-refractivity contribution in [2.75, 3.05) is 0 Å². The van der Waals surface area contributed by atoms with Gasteiger partial charge in [-0.15, -0.1) is 11.3 Å². The van der Waals surface area contributed by atoms with Gasteiger partial charge in [-0.1, -0.05) is 140 Å². The number of hydrogen-bond acceptors (Lipinski definition) is 4. The van der Waals surface area contributed by atoms with E-state index in [1.165, 1.54) is 21.2 Å². The maximum atomic E-state index is 6.59. The zero-order valence-electron chi connectivity index (χ0n) is 26.9. The second-order valence-corrected chi connectivity index (χ2v) is 13.6. The normalized spacial score (nSPS) is 11.6. The highest BCUT2D eigenvalue weighted by Gasteiger charge is 2.21. The molecule has 0 spiro atoms. The van der Waals surface area contributed by atoms with Crippen molar-refractivity contribution in [1.29, 1.82) is 0 Å². The SMILES string of the molecule is c1ccc(-c2ccc(-c3cc(-c4cc5c6ccccc6oc5c5c4sc4ccccc45)nc(-c4cccc(-c5ccccc5)c4)n3)cc2)cc1. The van der Waals surface area contributed by atoms with Crippen LogP contribution in [0.4, 0.5) is 0 Å². The molecule has 0 N–H and O–H groups in total. The van der Waals surface area contributed by atoms with Gasteiger partial charge >= 0.3 is 0 Å². The molecule has 0 saturated carbocycles. The molecule has 0 aliphatic heterocycles. The quantitative estimate of drug-likeness (QED) is 0.185. The first kappa shape index (κ1) is 28.6. The minimum absolute atomic E-state index is 0.689. The van der Waals surface area contributed by atoms with E-state index in [1.54, 1.807) is 11.3 Å². The van der Waals surface area contributed by atoms with Crippen LogP contribution in [-0.4, -0.2) is 9.97 Å². The largest absolute Gasteiger partial charge is 0.455 e. The first-order chi connectivity index (χ1) is 24.8. The average molecular weight is 657 g/mol. The molecule has 4 heteroatoms. The van der Waals surface area contributed by atoms with E-state index in [9.17, 15) is 0 Å². The fourth-order valence-electron chi connectivity index (χ4n) is 7.05. The number of thiophene rings is 1. The Bertz CT molecular complexity index is 2850. The fraction of sp³-hybridized carbons (Fsp3) is 0. The van der Waals surface area contributed by atoms with Crippen LogP contribution in [0.3, 0.4) is 0 Å². The Morgan fingerprint density at radius 3 is 1.82 bits per heavy atom. The van der Waals surface area contributed by atoms with Crippen LogP contribution in [0.1, 0.15) is 0 Å². The summed E-state index contributed by atoms with van der Waals surface area (Å²) in [5.74, 6) is 0.689. The number of fused-ring (bicyclic) bond motifs is 7. The molecule has 3 heterocycles. The second kappa shape index (κ2) is 11.7. The molecule has 3 aromatic heterocycles. The lowest BCUT2D eigenvalue weighted by Gasteiger charge is -2.12. The maximum Gasteiger partial charge on any atom is 0.160 e. The summed E-state index contributed by atoms with van der Waals surface area (Å²) in [6.45, 7) is 0. The third-order valence-corrected chi connectivity index (χ3v) is 10.7. The summed E-state index contributed by atoms with van der Waals surface area (Å²) < 4.78 is 8.96. The number of aromatic nitrogens is 2. The average Bonchev–Trinajstić information content (AvgIpc) is 3.77. The Labute approximate surface area is 292 Å². The Hall–Kier alpha value is -6.36. The molecule has 10 aromatic rings. The number of hydrogen-bond donors (Lipinski definition) is 0. The molecule has 234 valence electrons. The number of furan rings is 1. The Morgan fingerprint density at radius 1 is 0.420 bits per heavy atom. The highest BCUT2D eigenvalue weighted by Crippen LogP contribution is 2.47. The summed E-state index contributed by atoms with van der Waals surface area (Å²) in [7, 11) is 0. The van der Waals surface area contributed by atoms with Crippen molar-refractivity contribution in [3.63, 3.8) is 0 Å². The molecule has 50 heavy (non-hydrogen) atoms. The van der Waals surface area contributed by atoms with Crippen molar-refractivity contribution >= 4 is 53.4 Å². The highest BCUT2D eigenvalue weighted by atomic mass is 32.1. The molecule has 0 bridgehead atoms. The highest BCUT2D eigenvalue weighted by molar-refractivity contribution is 7.26. The van der Waals surface area contributed by atoms with Gasteiger partial charge in [0.1, 0.15) is 11.2 Å². The molecule has 0 fully saturated rings. The summed E-state index contributed by atoms with van der Waals surface area (Å²) in [6.07, 6.45) is 0. The van der Waals surface area contributed by atoms with Gasteiger partial charge in [0, 0.05) is 47.6 Å². The first-order valence-corrected chi connectivity index (χ1v) is 17.6. The van der Waals surface area contributed by atoms with Crippen molar-refractivity contribution in [3.8, 4) is 56.2 Å². The van der Waals surface area contributed by atoms with Gasteiger partial charge in [-0.25, -0.2) is 9.97 Å². The summed E-state index contributed by atoms with van der Waals surface area (Å²) in [4.78, 5) is 10.6. The van der Waals surface area contributed by atoms with Gasteiger partial charge in [0.15, 0.2) is 5.82 Å². The van der Waals surface area contributed by atoms with Crippen molar-refractivity contribution < 1.29 is 4.42 Å². The Balaban J connectivity index is 1.23. The molecular formula is C46H28N2OS. The van der Waals surface area contributed by atoms with E-state index in [0.717, 1.165) is 71.2 Å². The van der Waals surface area contributed by atoms with Crippen LogP contribution in [0.2, 0.25) is 0 Å². The van der Waals surface area contributed by atoms with Gasteiger partial charge in [0.2, 0.25) is 0 Å². The minimum atomic E-state index is 0.689. The summed E-state index contributed by atoms with van der Waals surface area (Å²) in [6, 6.07) is 59.5. The molecule has 0 atom stereocenters. The van der Waals surface area contributed by atoms with Crippen LogP contribution >= 0.6 is 11.3 Å². The van der Waals surface area contributed by atoms with Crippen LogP contribution < -0.4 is 0 Å². The third-order valence-electron chi connectivity index (χ3n) is 9.51. The number of benzene rings is 7. The van der Waals surface area contributed by atoms with E-state index in [1.807, 2.05) is 18.2 Å². The zero-order chi connectivity index (χ0) is 33.0. The molecule has 3 nitrogen and oxygen atoms in total. The van der Waals surface area contributed by atoms with Crippen molar-refractivity contribution in [2.24, 2.45) is 0 Å². The van der Waals surface area contributed by atoms with Crippen molar-refractivity contribution in [3.05, 3.63) is 170 Å². The van der Waals surface area contributed by atoms with Gasteiger partial charge in [0.25, 0.3) is 0 Å². The number of rotatable bonds is 5. The van der Waals surface area contributed by atoms with Crippen molar-refractivity contribution in [1.82, 2.24) is 9.97 Å². The number of nitrogens with zero attached hydrogens (tertiary/aromatic N) is 2. The van der Waals surface area contributed by atoms with Gasteiger partial charge in [0.05, 0.1) is 11.4 Å². The first-order valence-electron chi connectivity index (χ1n) is 16.7. The van der Waals surface area contributed by atoms with Crippen LogP contribution in [0.25, 0.3) is 98.3 Å². The van der Waals surface area contributed by atoms with Gasteiger partial charge in [-0.05, 0) is 52.6 Å². The Morgan fingerprint density at radius 2 is 1.02 bits per heavy atom. The van der Waals surface area contributed by atoms with E-state index >= 15 is 0 Å². The summed E-state index contributed by atoms with van der Waals surface area (Å²) in [5, 5.41) is 4.52. The number of para-hydroxylation sites is 1. The van der Waals surface area contributed by atoms with Gasteiger partial charge in [-0.2, -0.15) is 0 Å². The molecule has 0 radical (unpaired) electrons. The molecule has 0 aliphatic carbocycles. The van der Waals surface area contributed by atoms with E-state index in [4.69, 9.17) is 14.4 Å². The predicted molar refractivity (Wildman–Crippen MR) is 209 cm³/mol. The molecule has 0 saturated heterocycles. The molecule has 0 aliphatic rings. The van der Waals surface area contributed by atoms with Gasteiger partial charge < -0.3 is 4.42 Å². The van der Waals surface area contributed by atoms with Gasteiger partial charge in [-0.3, -0.25) is 0 Å². The van der Waals surface area contributed by atoms with E-state index in [-0.39, 0.29) is 0 Å². The predicted octanol–water partition coefficient (Wildman–Crippen LogP) is 13.1. The lowest BCUT2D eigenvalue weighted by atomic mass is 9.99. The molecule has 0 amide bonds. The smallest absolute Gasteiger partial charge is 0.160 e. The standard InChI is InChI=1S/C46H28N2OS/c1-3-12-29(13-4-1)31-22-24-32(25-23-31)39-28-40(48-46(47-39)34-17-11-16-33(26-34)30-14-5-2-6-15-30)38-27-37-35-18-7-9-20-41(35)49-44(37)43-36-19-8-10-21-42(36)50-45(38)43/h1-28H. The minimum Gasteiger partial charge on any atom is -0.455 e. The lowest BCUT2D eigenvalue weighted by molar-refractivity contribution is 0.673. The molecule has 7 aromatic carbocycles. The molecule has 0 unspecified atom stereocenters. The fourth-order valence-corrected chi connectivity index (χ4v) is 8.27. The van der Waals surface area contributed by atoms with E-state index in [0.29, 0.717) is 5.82 Å². The molecule has 10 rings (SSSR count). The zero-order valence-corrected chi connectivity index (χ0v) is 27.7. The van der Waals surface area contributed by atoms with Crippen molar-refractivity contribution in [2.45, 2.75) is 0 Å².